The molecule has 25 heavy (non-hydrogen) atoms. The van der Waals surface area contributed by atoms with Crippen molar-refractivity contribution in [2.24, 2.45) is 0 Å². The molecule has 0 radical (unpaired) electrons. The van der Waals surface area contributed by atoms with Crippen molar-refractivity contribution in [1.29, 1.82) is 0 Å². The Balaban J connectivity index is 1.68. The first-order valence-electron chi connectivity index (χ1n) is 7.89. The molecule has 0 spiro atoms. The lowest BCUT2D eigenvalue weighted by atomic mass is 10.1. The minimum absolute atomic E-state index is 0.140. The summed E-state index contributed by atoms with van der Waals surface area (Å²) in [7, 11) is 1.31. The van der Waals surface area contributed by atoms with E-state index in [1.165, 1.54) is 7.11 Å². The predicted molar refractivity (Wildman–Crippen MR) is 92.2 cm³/mol. The molecule has 1 aliphatic heterocycles. The van der Waals surface area contributed by atoms with Gasteiger partial charge in [0, 0.05) is 17.8 Å². The van der Waals surface area contributed by atoms with Gasteiger partial charge in [-0.05, 0) is 42.8 Å². The van der Waals surface area contributed by atoms with Crippen LogP contribution in [0.15, 0.2) is 48.5 Å². The molecular formula is C19H18N2O4. The van der Waals surface area contributed by atoms with Gasteiger partial charge in [0.05, 0.1) is 12.7 Å². The Morgan fingerprint density at radius 1 is 1.12 bits per heavy atom. The molecule has 0 aromatic heterocycles. The van der Waals surface area contributed by atoms with Gasteiger partial charge in [0.2, 0.25) is 5.91 Å². The molecule has 2 aromatic rings. The number of carbonyl (C=O) groups excluding carboxylic acids is 3. The van der Waals surface area contributed by atoms with Gasteiger partial charge >= 0.3 is 5.97 Å². The molecule has 2 aromatic carbocycles. The van der Waals surface area contributed by atoms with Crippen LogP contribution in [-0.2, 0) is 16.1 Å². The van der Waals surface area contributed by atoms with E-state index in [-0.39, 0.29) is 11.8 Å². The van der Waals surface area contributed by atoms with Crippen molar-refractivity contribution in [3.63, 3.8) is 0 Å². The van der Waals surface area contributed by atoms with E-state index in [0.717, 1.165) is 5.56 Å². The lowest BCUT2D eigenvalue weighted by molar-refractivity contribution is -0.120. The maximum Gasteiger partial charge on any atom is 0.337 e. The second kappa shape index (κ2) is 6.76. The van der Waals surface area contributed by atoms with Gasteiger partial charge in [0.25, 0.3) is 5.91 Å². The largest absolute Gasteiger partial charge is 0.465 e. The first-order chi connectivity index (χ1) is 12.0. The molecule has 0 aliphatic carbocycles. The number of methoxy groups -OCH3 is 1. The number of rotatable bonds is 4. The lowest BCUT2D eigenvalue weighted by Gasteiger charge is -2.23. The molecule has 0 bridgehead atoms. The number of fused-ring (bicyclic) bond motifs is 1. The third kappa shape index (κ3) is 3.24. The van der Waals surface area contributed by atoms with E-state index in [1.54, 1.807) is 42.2 Å². The summed E-state index contributed by atoms with van der Waals surface area (Å²) < 4.78 is 4.64. The number of anilines is 1. The molecule has 1 aliphatic rings. The Labute approximate surface area is 145 Å². The average Bonchev–Trinajstić information content (AvgIpc) is 2.98. The van der Waals surface area contributed by atoms with Gasteiger partial charge in [-0.2, -0.15) is 0 Å². The molecule has 3 rings (SSSR count). The van der Waals surface area contributed by atoms with E-state index in [0.29, 0.717) is 23.4 Å². The number of hydrogen-bond acceptors (Lipinski definition) is 4. The summed E-state index contributed by atoms with van der Waals surface area (Å²) in [6.07, 6.45) is 0. The van der Waals surface area contributed by atoms with E-state index < -0.39 is 12.0 Å². The van der Waals surface area contributed by atoms with Gasteiger partial charge in [0.15, 0.2) is 0 Å². The Morgan fingerprint density at radius 3 is 2.44 bits per heavy atom. The zero-order valence-electron chi connectivity index (χ0n) is 14.0. The molecule has 6 nitrogen and oxygen atoms in total. The van der Waals surface area contributed by atoms with Crippen molar-refractivity contribution in [2.45, 2.75) is 19.5 Å². The SMILES string of the molecule is COC(=O)c1ccc(NC(=O)C(C)N2Cc3ccccc3C2=O)cc1. The van der Waals surface area contributed by atoms with Crippen LogP contribution < -0.4 is 5.32 Å². The number of carbonyl (C=O) groups is 3. The number of hydrogen-bond donors (Lipinski definition) is 1. The third-order valence-corrected chi connectivity index (χ3v) is 4.27. The van der Waals surface area contributed by atoms with E-state index >= 15 is 0 Å². The van der Waals surface area contributed by atoms with Crippen LogP contribution in [0.4, 0.5) is 5.69 Å². The quantitative estimate of drug-likeness (QED) is 0.869. The molecule has 6 heteroatoms. The number of nitrogens with zero attached hydrogens (tertiary/aromatic N) is 1. The minimum atomic E-state index is -0.611. The first kappa shape index (κ1) is 16.7. The highest BCUT2D eigenvalue weighted by Crippen LogP contribution is 2.24. The van der Waals surface area contributed by atoms with Crippen LogP contribution in [0.2, 0.25) is 0 Å². The summed E-state index contributed by atoms with van der Waals surface area (Å²) in [5.74, 6) is -0.863. The van der Waals surface area contributed by atoms with Crippen LogP contribution in [0.5, 0.6) is 0 Å². The summed E-state index contributed by atoms with van der Waals surface area (Å²) >= 11 is 0. The molecule has 0 fully saturated rings. The summed E-state index contributed by atoms with van der Waals surface area (Å²) in [5, 5.41) is 2.77. The molecule has 0 saturated carbocycles. The molecule has 1 N–H and O–H groups in total. The first-order valence-corrected chi connectivity index (χ1v) is 7.89. The van der Waals surface area contributed by atoms with Crippen molar-refractivity contribution in [1.82, 2.24) is 4.90 Å². The van der Waals surface area contributed by atoms with Crippen molar-refractivity contribution in [3.8, 4) is 0 Å². The van der Waals surface area contributed by atoms with Crippen molar-refractivity contribution < 1.29 is 19.1 Å². The van der Waals surface area contributed by atoms with Gasteiger partial charge in [0.1, 0.15) is 6.04 Å². The van der Waals surface area contributed by atoms with Crippen LogP contribution in [0, 0.1) is 0 Å². The zero-order chi connectivity index (χ0) is 18.0. The van der Waals surface area contributed by atoms with Gasteiger partial charge < -0.3 is 15.0 Å². The highest BCUT2D eigenvalue weighted by Gasteiger charge is 2.33. The number of benzene rings is 2. The molecular weight excluding hydrogens is 320 g/mol. The topological polar surface area (TPSA) is 75.7 Å². The Bertz CT molecular complexity index is 830. The summed E-state index contributed by atoms with van der Waals surface area (Å²) in [6, 6.07) is 13.1. The monoisotopic (exact) mass is 338 g/mol. The molecule has 0 saturated heterocycles. The van der Waals surface area contributed by atoms with Gasteiger partial charge in [-0.3, -0.25) is 9.59 Å². The minimum Gasteiger partial charge on any atom is -0.465 e. The Hall–Kier alpha value is -3.15. The van der Waals surface area contributed by atoms with Crippen molar-refractivity contribution >= 4 is 23.5 Å². The van der Waals surface area contributed by atoms with E-state index in [4.69, 9.17) is 0 Å². The maximum absolute atomic E-state index is 12.5. The third-order valence-electron chi connectivity index (χ3n) is 4.27. The molecule has 1 heterocycles. The van der Waals surface area contributed by atoms with Gasteiger partial charge in [-0.1, -0.05) is 18.2 Å². The number of nitrogens with one attached hydrogen (secondary N) is 1. The Morgan fingerprint density at radius 2 is 1.80 bits per heavy atom. The van der Waals surface area contributed by atoms with Gasteiger partial charge in [-0.25, -0.2) is 4.79 Å². The molecule has 1 atom stereocenters. The normalized spacial score (nSPS) is 14.0. The highest BCUT2D eigenvalue weighted by molar-refractivity contribution is 6.03. The number of ether oxygens (including phenoxy) is 1. The van der Waals surface area contributed by atoms with Crippen LogP contribution in [0.25, 0.3) is 0 Å². The second-order valence-corrected chi connectivity index (χ2v) is 5.82. The van der Waals surface area contributed by atoms with Crippen LogP contribution in [0.3, 0.4) is 0 Å². The number of amides is 2. The van der Waals surface area contributed by atoms with E-state index in [2.05, 4.69) is 10.1 Å². The fourth-order valence-electron chi connectivity index (χ4n) is 2.79. The van der Waals surface area contributed by atoms with Crippen LogP contribution in [-0.4, -0.2) is 35.8 Å². The second-order valence-electron chi connectivity index (χ2n) is 5.82. The summed E-state index contributed by atoms with van der Waals surface area (Å²) in [6.45, 7) is 2.12. The van der Waals surface area contributed by atoms with Gasteiger partial charge in [-0.15, -0.1) is 0 Å². The summed E-state index contributed by atoms with van der Waals surface area (Å²) in [5.41, 5.74) is 2.52. The van der Waals surface area contributed by atoms with Crippen molar-refractivity contribution in [3.05, 3.63) is 65.2 Å². The molecule has 128 valence electrons. The standard InChI is InChI=1S/C19H18N2O4/c1-12(21-11-14-5-3-4-6-16(14)18(21)23)17(22)20-15-9-7-13(8-10-15)19(24)25-2/h3-10,12H,11H2,1-2H3,(H,20,22). The highest BCUT2D eigenvalue weighted by atomic mass is 16.5. The smallest absolute Gasteiger partial charge is 0.337 e. The fraction of sp³-hybridized carbons (Fsp3) is 0.211. The molecule has 2 amide bonds. The van der Waals surface area contributed by atoms with Crippen LogP contribution >= 0.6 is 0 Å². The number of esters is 1. The van der Waals surface area contributed by atoms with Crippen molar-refractivity contribution in [2.75, 3.05) is 12.4 Å². The fourth-order valence-corrected chi connectivity index (χ4v) is 2.79. The maximum atomic E-state index is 12.5. The van der Waals surface area contributed by atoms with E-state index in [1.807, 2.05) is 18.2 Å². The zero-order valence-corrected chi connectivity index (χ0v) is 14.0. The molecule has 1 unspecified atom stereocenters. The van der Waals surface area contributed by atoms with E-state index in [9.17, 15) is 14.4 Å². The average molecular weight is 338 g/mol. The lowest BCUT2D eigenvalue weighted by Crippen LogP contribution is -2.42. The predicted octanol–water partition coefficient (Wildman–Crippen LogP) is 2.46. The van der Waals surface area contributed by atoms with Crippen LogP contribution in [0.1, 0.15) is 33.2 Å². The Kier molecular flexibility index (Phi) is 4.52. The summed E-state index contributed by atoms with van der Waals surface area (Å²) in [4.78, 5) is 37.9.